The Kier molecular flexibility index (Phi) is 2.63. The molecule has 20 heavy (non-hydrogen) atoms. The zero-order valence-corrected chi connectivity index (χ0v) is 12.8. The summed E-state index contributed by atoms with van der Waals surface area (Å²) in [5, 5.41) is 0. The Morgan fingerprint density at radius 1 is 1.10 bits per heavy atom. The van der Waals surface area contributed by atoms with Crippen LogP contribution in [0.2, 0.25) is 0 Å². The van der Waals surface area contributed by atoms with Crippen molar-refractivity contribution in [3.63, 3.8) is 0 Å². The first-order chi connectivity index (χ1) is 9.53. The Balaban J connectivity index is 1.76. The van der Waals surface area contributed by atoms with Crippen molar-refractivity contribution in [1.82, 2.24) is 0 Å². The molecule has 0 amide bonds. The molecule has 5 atom stereocenters. The smallest absolute Gasteiger partial charge is 0.156 e. The van der Waals surface area contributed by atoms with E-state index in [9.17, 15) is 4.79 Å². The van der Waals surface area contributed by atoms with Gasteiger partial charge in [0, 0.05) is 6.42 Å². The van der Waals surface area contributed by atoms with Crippen LogP contribution in [0, 0.1) is 28.6 Å². The monoisotopic (exact) mass is 270 g/mol. The van der Waals surface area contributed by atoms with Gasteiger partial charge in [-0.25, -0.2) is 0 Å². The molecule has 0 heterocycles. The van der Waals surface area contributed by atoms with E-state index < -0.39 is 0 Å². The summed E-state index contributed by atoms with van der Waals surface area (Å²) in [6.07, 6.45) is 15.6. The molecule has 0 spiro atoms. The molecule has 0 aromatic heterocycles. The van der Waals surface area contributed by atoms with E-state index in [2.05, 4.69) is 26.0 Å². The van der Waals surface area contributed by atoms with Crippen LogP contribution in [0.15, 0.2) is 23.8 Å². The molecule has 4 aliphatic carbocycles. The normalized spacial score (nSPS) is 50.2. The average molecular weight is 270 g/mol. The SMILES string of the molecule is C[C@@]12CCC[C@H]1[C@@H]1C=CC3=CC(=O)CC[C@]3(C)[C@H]1CC2. The van der Waals surface area contributed by atoms with Crippen LogP contribution in [0.1, 0.15) is 58.8 Å². The molecule has 0 saturated heterocycles. The fourth-order valence-electron chi connectivity index (χ4n) is 5.99. The van der Waals surface area contributed by atoms with E-state index in [1.807, 2.05) is 6.08 Å². The molecule has 1 nitrogen and oxygen atoms in total. The Morgan fingerprint density at radius 2 is 1.95 bits per heavy atom. The molecule has 0 radical (unpaired) electrons. The molecule has 0 aromatic carbocycles. The van der Waals surface area contributed by atoms with Gasteiger partial charge in [0.2, 0.25) is 0 Å². The van der Waals surface area contributed by atoms with Crippen LogP contribution >= 0.6 is 0 Å². The highest BCUT2D eigenvalue weighted by atomic mass is 16.1. The van der Waals surface area contributed by atoms with Crippen LogP contribution in [-0.2, 0) is 4.79 Å². The van der Waals surface area contributed by atoms with Crippen molar-refractivity contribution in [1.29, 1.82) is 0 Å². The Labute approximate surface area is 122 Å². The summed E-state index contributed by atoms with van der Waals surface area (Å²) in [5.74, 6) is 2.78. The maximum atomic E-state index is 11.7. The van der Waals surface area contributed by atoms with Gasteiger partial charge < -0.3 is 0 Å². The van der Waals surface area contributed by atoms with Crippen LogP contribution in [0.4, 0.5) is 0 Å². The summed E-state index contributed by atoms with van der Waals surface area (Å²) in [6.45, 7) is 4.97. The number of carbonyl (C=O) groups excluding carboxylic acids is 1. The van der Waals surface area contributed by atoms with Gasteiger partial charge in [-0.15, -0.1) is 0 Å². The van der Waals surface area contributed by atoms with Crippen molar-refractivity contribution in [3.05, 3.63) is 23.8 Å². The predicted octanol–water partition coefficient (Wildman–Crippen LogP) is 4.68. The van der Waals surface area contributed by atoms with Crippen molar-refractivity contribution in [2.45, 2.75) is 58.8 Å². The summed E-state index contributed by atoms with van der Waals surface area (Å²) < 4.78 is 0. The standard InChI is InChI=1S/C19H26O/c1-18-9-3-4-16(18)15-6-5-13-12-14(20)7-11-19(13,2)17(15)8-10-18/h5-6,12,15-17H,3-4,7-11H2,1-2H3/t15-,16-,17-,18-,19-/m0/s1. The zero-order chi connectivity index (χ0) is 14.0. The lowest BCUT2D eigenvalue weighted by Crippen LogP contribution is -2.47. The first kappa shape index (κ1) is 12.9. The molecular weight excluding hydrogens is 244 g/mol. The third-order valence-electron chi connectivity index (χ3n) is 7.30. The van der Waals surface area contributed by atoms with Gasteiger partial charge in [0.1, 0.15) is 0 Å². The molecular formula is C19H26O. The lowest BCUT2D eigenvalue weighted by atomic mass is 9.49. The number of rotatable bonds is 0. The second kappa shape index (κ2) is 4.08. The van der Waals surface area contributed by atoms with Gasteiger partial charge in [-0.2, -0.15) is 0 Å². The van der Waals surface area contributed by atoms with Gasteiger partial charge in [-0.05, 0) is 72.3 Å². The van der Waals surface area contributed by atoms with Crippen LogP contribution in [0.5, 0.6) is 0 Å². The van der Waals surface area contributed by atoms with Crippen LogP contribution in [0.25, 0.3) is 0 Å². The minimum Gasteiger partial charge on any atom is -0.295 e. The fraction of sp³-hybridized carbons (Fsp3) is 0.737. The largest absolute Gasteiger partial charge is 0.295 e. The first-order valence-electron chi connectivity index (χ1n) is 8.46. The number of fused-ring (bicyclic) bond motifs is 5. The highest BCUT2D eigenvalue weighted by Gasteiger charge is 2.54. The Morgan fingerprint density at radius 3 is 2.80 bits per heavy atom. The van der Waals surface area contributed by atoms with Crippen LogP contribution in [-0.4, -0.2) is 5.78 Å². The number of hydrogen-bond donors (Lipinski definition) is 0. The highest BCUT2D eigenvalue weighted by molar-refractivity contribution is 5.92. The van der Waals surface area contributed by atoms with E-state index in [0.29, 0.717) is 11.2 Å². The molecule has 0 aliphatic heterocycles. The van der Waals surface area contributed by atoms with E-state index in [1.54, 1.807) is 0 Å². The molecule has 0 aromatic rings. The zero-order valence-electron chi connectivity index (χ0n) is 12.8. The van der Waals surface area contributed by atoms with E-state index in [4.69, 9.17) is 0 Å². The second-order valence-corrected chi connectivity index (χ2v) is 8.22. The average Bonchev–Trinajstić information content (AvgIpc) is 2.81. The van der Waals surface area contributed by atoms with Crippen molar-refractivity contribution in [3.8, 4) is 0 Å². The van der Waals surface area contributed by atoms with Gasteiger partial charge in [0.05, 0.1) is 0 Å². The summed E-state index contributed by atoms with van der Waals surface area (Å²) in [4.78, 5) is 11.7. The molecule has 0 unspecified atom stereocenters. The van der Waals surface area contributed by atoms with Crippen molar-refractivity contribution >= 4 is 5.78 Å². The van der Waals surface area contributed by atoms with Gasteiger partial charge in [0.15, 0.2) is 5.78 Å². The predicted molar refractivity (Wildman–Crippen MR) is 81.2 cm³/mol. The molecule has 4 aliphatic rings. The van der Waals surface area contributed by atoms with Crippen molar-refractivity contribution in [2.24, 2.45) is 28.6 Å². The number of hydrogen-bond acceptors (Lipinski definition) is 1. The summed E-state index contributed by atoms with van der Waals surface area (Å²) >= 11 is 0. The number of carbonyl (C=O) groups is 1. The fourth-order valence-corrected chi connectivity index (χ4v) is 5.99. The van der Waals surface area contributed by atoms with Crippen molar-refractivity contribution in [2.75, 3.05) is 0 Å². The quantitative estimate of drug-likeness (QED) is 0.624. The van der Waals surface area contributed by atoms with Gasteiger partial charge in [0.25, 0.3) is 0 Å². The van der Waals surface area contributed by atoms with E-state index in [1.165, 1.54) is 37.7 Å². The first-order valence-corrected chi connectivity index (χ1v) is 8.46. The third-order valence-corrected chi connectivity index (χ3v) is 7.30. The molecule has 4 rings (SSSR count). The maximum Gasteiger partial charge on any atom is 0.156 e. The van der Waals surface area contributed by atoms with E-state index in [-0.39, 0.29) is 5.41 Å². The van der Waals surface area contributed by atoms with Gasteiger partial charge in [-0.1, -0.05) is 32.4 Å². The lowest BCUT2D eigenvalue weighted by molar-refractivity contribution is -0.116. The topological polar surface area (TPSA) is 17.1 Å². The third kappa shape index (κ3) is 1.58. The van der Waals surface area contributed by atoms with Gasteiger partial charge >= 0.3 is 0 Å². The molecule has 108 valence electrons. The van der Waals surface area contributed by atoms with E-state index >= 15 is 0 Å². The Bertz CT molecular complexity index is 514. The minimum absolute atomic E-state index is 0.275. The van der Waals surface area contributed by atoms with Crippen LogP contribution < -0.4 is 0 Å². The van der Waals surface area contributed by atoms with Gasteiger partial charge in [-0.3, -0.25) is 4.79 Å². The summed E-state index contributed by atoms with van der Waals surface area (Å²) in [6, 6.07) is 0. The minimum atomic E-state index is 0.275. The number of ketones is 1. The Hall–Kier alpha value is -0.850. The molecule has 2 fully saturated rings. The number of allylic oxidation sites excluding steroid dienone is 4. The van der Waals surface area contributed by atoms with Crippen molar-refractivity contribution < 1.29 is 4.79 Å². The highest BCUT2D eigenvalue weighted by Crippen LogP contribution is 2.63. The molecule has 0 N–H and O–H groups in total. The maximum absolute atomic E-state index is 11.7. The second-order valence-electron chi connectivity index (χ2n) is 8.22. The summed E-state index contributed by atoms with van der Waals surface area (Å²) in [5.41, 5.74) is 2.21. The molecule has 2 saturated carbocycles. The van der Waals surface area contributed by atoms with Crippen LogP contribution in [0.3, 0.4) is 0 Å². The van der Waals surface area contributed by atoms with E-state index in [0.717, 1.165) is 30.6 Å². The lowest BCUT2D eigenvalue weighted by Gasteiger charge is -2.55. The molecule has 1 heteroatoms. The summed E-state index contributed by atoms with van der Waals surface area (Å²) in [7, 11) is 0. The molecule has 0 bridgehead atoms.